The Kier molecular flexibility index (Phi) is 26.0. The highest BCUT2D eigenvalue weighted by Crippen LogP contribution is 2.30. The summed E-state index contributed by atoms with van der Waals surface area (Å²) in [5, 5.41) is 0. The highest BCUT2D eigenvalue weighted by molar-refractivity contribution is 5.90. The minimum atomic E-state index is -0.220. The number of carbonyl (C=O) groups excluding carboxylic acids is 3. The largest absolute Gasteiger partial charge is 1.00 e. The first-order valence-electron chi connectivity index (χ1n) is 24.9. The van der Waals surface area contributed by atoms with Gasteiger partial charge in [-0.15, -0.1) is 0 Å². The number of hydrogen-bond donors (Lipinski definition) is 0. The van der Waals surface area contributed by atoms with Crippen LogP contribution in [0, 0.1) is 5.92 Å². The Morgan fingerprint density at radius 3 is 1.36 bits per heavy atom. The topological polar surface area (TPSA) is 82.1 Å². The summed E-state index contributed by atoms with van der Waals surface area (Å²) < 4.78 is 17.9. The molecule has 0 N–H and O–H groups in total. The Morgan fingerprint density at radius 1 is 0.547 bits per heavy atom. The van der Waals surface area contributed by atoms with Gasteiger partial charge < -0.3 is 31.1 Å². The molecule has 0 radical (unpaired) electrons. The number of rotatable bonds is 18. The molecule has 3 aliphatic carbocycles. The monoisotopic (exact) mass is 903 g/mol. The van der Waals surface area contributed by atoms with Crippen molar-refractivity contribution in [1.82, 2.24) is 4.90 Å². The number of nitrogens with zero attached hydrogens (tertiary/aromatic N) is 2. The van der Waals surface area contributed by atoms with E-state index in [2.05, 4.69) is 25.7 Å². The van der Waals surface area contributed by atoms with E-state index in [-0.39, 0.29) is 48.6 Å². The second-order valence-electron chi connectivity index (χ2n) is 18.5. The Morgan fingerprint density at radius 2 is 0.938 bits per heavy atom. The van der Waals surface area contributed by atoms with Crippen LogP contribution in [-0.2, 0) is 14.2 Å². The van der Waals surface area contributed by atoms with Gasteiger partial charge in [-0.3, -0.25) is 4.90 Å². The molecule has 3 aromatic carbocycles. The zero-order valence-electron chi connectivity index (χ0n) is 40.4. The van der Waals surface area contributed by atoms with Crippen LogP contribution in [-0.4, -0.2) is 90.4 Å². The van der Waals surface area contributed by atoms with Crippen molar-refractivity contribution in [3.8, 4) is 0 Å². The van der Waals surface area contributed by atoms with E-state index in [9.17, 15) is 14.4 Å². The van der Waals surface area contributed by atoms with Gasteiger partial charge in [-0.25, -0.2) is 14.4 Å². The predicted molar refractivity (Wildman–Crippen MR) is 257 cm³/mol. The van der Waals surface area contributed by atoms with Gasteiger partial charge in [0.1, 0.15) is 18.8 Å². The van der Waals surface area contributed by atoms with E-state index in [0.29, 0.717) is 22.7 Å². The SMILES string of the molecule is CC(CCC1CCCCC1)OC(=O)c1ccccc1.CCN(CC(C)OC(=O)c1ccccc1)C1CCCCC1.CC[N+](CC)(CC(C)OC(=O)c1ccccc1)C1CCCCC1.[Cl-]. The van der Waals surface area contributed by atoms with Gasteiger partial charge in [-0.05, 0) is 135 Å². The van der Waals surface area contributed by atoms with E-state index in [1.165, 1.54) is 103 Å². The molecular weight excluding hydrogens is 820 g/mol. The number of benzene rings is 3. The molecule has 356 valence electrons. The lowest BCUT2D eigenvalue weighted by atomic mass is 9.85. The number of ether oxygens (including phenoxy) is 3. The molecule has 3 saturated carbocycles. The Balaban J connectivity index is 0.000000254. The fourth-order valence-corrected chi connectivity index (χ4v) is 10.2. The second-order valence-corrected chi connectivity index (χ2v) is 18.5. The zero-order chi connectivity index (χ0) is 45.3. The van der Waals surface area contributed by atoms with E-state index in [0.717, 1.165) is 55.6 Å². The number of likely N-dealkylation sites (N-methyl/N-ethyl adjacent to an activating group) is 2. The summed E-state index contributed by atoms with van der Waals surface area (Å²) in [6.07, 6.45) is 22.3. The lowest BCUT2D eigenvalue weighted by Gasteiger charge is -2.46. The predicted octanol–water partition coefficient (Wildman–Crippen LogP) is 9.90. The number of esters is 3. The minimum absolute atomic E-state index is 0. The highest BCUT2D eigenvalue weighted by atomic mass is 35.5. The molecule has 3 atom stereocenters. The van der Waals surface area contributed by atoms with Crippen LogP contribution < -0.4 is 12.4 Å². The summed E-state index contributed by atoms with van der Waals surface area (Å²) >= 11 is 0. The molecule has 0 aliphatic heterocycles. The van der Waals surface area contributed by atoms with Crippen LogP contribution in [0.25, 0.3) is 0 Å². The molecule has 0 bridgehead atoms. The van der Waals surface area contributed by atoms with Crippen molar-refractivity contribution < 1.29 is 45.5 Å². The number of quaternary nitrogens is 1. The molecule has 3 aromatic rings. The summed E-state index contributed by atoms with van der Waals surface area (Å²) in [6, 6.07) is 29.2. The van der Waals surface area contributed by atoms with Crippen molar-refractivity contribution >= 4 is 17.9 Å². The van der Waals surface area contributed by atoms with Crippen LogP contribution in [0.4, 0.5) is 0 Å². The quantitative estimate of drug-likeness (QED) is 0.0715. The molecule has 0 aromatic heterocycles. The number of hydrogen-bond acceptors (Lipinski definition) is 7. The fraction of sp³-hybridized carbons (Fsp3) is 0.618. The molecule has 0 amide bonds. The van der Waals surface area contributed by atoms with Crippen LogP contribution in [0.5, 0.6) is 0 Å². The van der Waals surface area contributed by atoms with Crippen LogP contribution >= 0.6 is 0 Å². The molecule has 64 heavy (non-hydrogen) atoms. The molecule has 8 nitrogen and oxygen atoms in total. The number of halogens is 1. The third-order valence-corrected chi connectivity index (χ3v) is 13.9. The second kappa shape index (κ2) is 30.5. The smallest absolute Gasteiger partial charge is 0.338 e. The minimum Gasteiger partial charge on any atom is -1.00 e. The Labute approximate surface area is 394 Å². The Bertz CT molecular complexity index is 1690. The maximum Gasteiger partial charge on any atom is 0.338 e. The molecule has 0 saturated heterocycles. The number of carbonyl (C=O) groups is 3. The van der Waals surface area contributed by atoms with Crippen molar-refractivity contribution in [3.63, 3.8) is 0 Å². The fourth-order valence-electron chi connectivity index (χ4n) is 10.2. The Hall–Kier alpha value is -3.72. The van der Waals surface area contributed by atoms with Crippen molar-refractivity contribution in [2.24, 2.45) is 5.92 Å². The van der Waals surface area contributed by atoms with Gasteiger partial charge in [-0.1, -0.05) is 119 Å². The summed E-state index contributed by atoms with van der Waals surface area (Å²) in [5.74, 6) is 0.234. The molecule has 3 aliphatic rings. The van der Waals surface area contributed by atoms with Gasteiger partial charge >= 0.3 is 17.9 Å². The third-order valence-electron chi connectivity index (χ3n) is 13.9. The molecule has 6 rings (SSSR count). The summed E-state index contributed by atoms with van der Waals surface area (Å²) in [5.41, 5.74) is 1.92. The van der Waals surface area contributed by atoms with Gasteiger partial charge in [0.2, 0.25) is 0 Å². The molecule has 3 fully saturated rings. The standard InChI is InChI=1S/C20H32NO2.C18H27NO2.C17H24O2.ClH/c1-4-21(5-2,19-14-10-7-11-15-19)16-17(3)23-20(22)18-12-8-6-9-13-18;1-3-19(17-12-8-5-9-13-17)14-15(2)21-18(20)16-10-6-4-7-11-16;1-14(12-13-15-8-4-2-5-9-15)19-17(18)16-10-6-3-7-11-16;/h6,8-9,12-13,17,19H,4-5,7,10-11,14-16H2,1-3H3;4,6-7,10-11,15,17H,3,5,8-9,12-14H2,1-2H3;3,6-7,10-11,14-15H,2,4-5,8-9,12-13H2,1H3;1H/q+1;;;/p-1. The van der Waals surface area contributed by atoms with Crippen molar-refractivity contribution in [3.05, 3.63) is 108 Å². The summed E-state index contributed by atoms with van der Waals surface area (Å²) in [7, 11) is 0. The van der Waals surface area contributed by atoms with E-state index in [1.54, 1.807) is 24.3 Å². The van der Waals surface area contributed by atoms with Crippen molar-refractivity contribution in [2.75, 3.05) is 32.7 Å². The molecule has 0 spiro atoms. The molecular formula is C55H83ClN2O6. The van der Waals surface area contributed by atoms with Crippen LogP contribution in [0.15, 0.2) is 91.0 Å². The summed E-state index contributed by atoms with van der Waals surface area (Å²) in [4.78, 5) is 38.7. The first-order valence-corrected chi connectivity index (χ1v) is 24.9. The highest BCUT2D eigenvalue weighted by Gasteiger charge is 2.37. The van der Waals surface area contributed by atoms with E-state index >= 15 is 0 Å². The summed E-state index contributed by atoms with van der Waals surface area (Å²) in [6.45, 7) is 17.8. The normalized spacial score (nSPS) is 17.5. The van der Waals surface area contributed by atoms with E-state index < -0.39 is 0 Å². The van der Waals surface area contributed by atoms with Crippen molar-refractivity contribution in [1.29, 1.82) is 0 Å². The van der Waals surface area contributed by atoms with Crippen LogP contribution in [0.1, 0.15) is 182 Å². The average Bonchev–Trinajstić information content (AvgIpc) is 3.34. The van der Waals surface area contributed by atoms with Gasteiger partial charge in [-0.2, -0.15) is 0 Å². The zero-order valence-corrected chi connectivity index (χ0v) is 41.2. The van der Waals surface area contributed by atoms with Crippen molar-refractivity contribution in [2.45, 2.75) is 181 Å². The lowest BCUT2D eigenvalue weighted by Crippen LogP contribution is -3.00. The van der Waals surface area contributed by atoms with Gasteiger partial charge in [0, 0.05) is 12.6 Å². The molecule has 3 unspecified atom stereocenters. The lowest BCUT2D eigenvalue weighted by molar-refractivity contribution is -0.951. The first-order chi connectivity index (χ1) is 30.6. The maximum atomic E-state index is 12.3. The van der Waals surface area contributed by atoms with E-state index in [1.807, 2.05) is 87.5 Å². The maximum absolute atomic E-state index is 12.3. The van der Waals surface area contributed by atoms with E-state index in [4.69, 9.17) is 14.2 Å². The first kappa shape index (κ1) is 54.6. The third kappa shape index (κ3) is 19.0. The molecule has 0 heterocycles. The van der Waals surface area contributed by atoms with Crippen LogP contribution in [0.3, 0.4) is 0 Å². The van der Waals surface area contributed by atoms with Gasteiger partial charge in [0.15, 0.2) is 0 Å². The average molecular weight is 904 g/mol. The van der Waals surface area contributed by atoms with Gasteiger partial charge in [0.05, 0.1) is 41.9 Å². The van der Waals surface area contributed by atoms with Crippen LogP contribution in [0.2, 0.25) is 0 Å². The molecule has 9 heteroatoms. The van der Waals surface area contributed by atoms with Gasteiger partial charge in [0.25, 0.3) is 0 Å².